The Morgan fingerprint density at radius 1 is 1.47 bits per heavy atom. The third-order valence-corrected chi connectivity index (χ3v) is 2.18. The van der Waals surface area contributed by atoms with E-state index in [1.54, 1.807) is 0 Å². The molecular weight excluding hydrogens is 184 g/mol. The second kappa shape index (κ2) is 6.36. The molecule has 0 unspecified atom stereocenters. The van der Waals surface area contributed by atoms with Gasteiger partial charge in [-0.1, -0.05) is 24.6 Å². The zero-order chi connectivity index (χ0) is 11.1. The average molecular weight is 204 g/mol. The average Bonchev–Trinajstić information content (AvgIpc) is 2.22. The van der Waals surface area contributed by atoms with E-state index >= 15 is 0 Å². The van der Waals surface area contributed by atoms with Gasteiger partial charge in [0, 0.05) is 18.4 Å². The monoisotopic (exact) mass is 204 g/mol. The van der Waals surface area contributed by atoms with Gasteiger partial charge in [0.05, 0.1) is 0 Å². The van der Waals surface area contributed by atoms with E-state index in [-0.39, 0.29) is 0 Å². The highest BCUT2D eigenvalue weighted by atomic mass is 14.8. The number of hydrogen-bond acceptors (Lipinski definition) is 2. The molecule has 0 saturated heterocycles. The van der Waals surface area contributed by atoms with E-state index in [0.717, 1.165) is 18.8 Å². The summed E-state index contributed by atoms with van der Waals surface area (Å²) in [4.78, 5) is 4.26. The molecule has 1 heterocycles. The molecule has 1 N–H and O–H groups in total. The van der Waals surface area contributed by atoms with Gasteiger partial charge in [-0.15, -0.1) is 0 Å². The summed E-state index contributed by atoms with van der Waals surface area (Å²) in [5.41, 5.74) is 3.58. The van der Waals surface area contributed by atoms with Gasteiger partial charge in [0.25, 0.3) is 0 Å². The van der Waals surface area contributed by atoms with Crippen molar-refractivity contribution in [1.82, 2.24) is 10.3 Å². The van der Waals surface area contributed by atoms with Crippen molar-refractivity contribution >= 4 is 6.08 Å². The Morgan fingerprint density at radius 2 is 2.27 bits per heavy atom. The predicted molar refractivity (Wildman–Crippen MR) is 65.8 cm³/mol. The van der Waals surface area contributed by atoms with E-state index in [1.165, 1.54) is 17.6 Å². The third kappa shape index (κ3) is 4.75. The van der Waals surface area contributed by atoms with Crippen LogP contribution in [0.2, 0.25) is 0 Å². The maximum Gasteiger partial charge on any atom is 0.0373 e. The predicted octanol–water partition coefficient (Wildman–Crippen LogP) is 2.79. The van der Waals surface area contributed by atoms with Gasteiger partial charge in [0.15, 0.2) is 0 Å². The summed E-state index contributed by atoms with van der Waals surface area (Å²) in [6.45, 7) is 8.36. The van der Waals surface area contributed by atoms with Crippen LogP contribution in [0.3, 0.4) is 0 Å². The van der Waals surface area contributed by atoms with Crippen molar-refractivity contribution in [2.24, 2.45) is 0 Å². The fourth-order valence-corrected chi connectivity index (χ4v) is 1.36. The quantitative estimate of drug-likeness (QED) is 0.746. The highest BCUT2D eigenvalue weighted by molar-refractivity contribution is 5.51. The van der Waals surface area contributed by atoms with Crippen molar-refractivity contribution in [1.29, 1.82) is 0 Å². The first kappa shape index (κ1) is 11.9. The normalized spacial score (nSPS) is 11.8. The smallest absolute Gasteiger partial charge is 0.0373 e. The van der Waals surface area contributed by atoms with Crippen LogP contribution in [-0.4, -0.2) is 18.1 Å². The molecule has 0 fully saturated rings. The summed E-state index contributed by atoms with van der Waals surface area (Å²) >= 11 is 0. The van der Waals surface area contributed by atoms with Crippen molar-refractivity contribution in [2.75, 3.05) is 13.1 Å². The molecule has 0 aliphatic carbocycles. The number of nitrogens with zero attached hydrogens (tertiary/aromatic N) is 1. The molecule has 2 nitrogen and oxygen atoms in total. The summed E-state index contributed by atoms with van der Waals surface area (Å²) in [6.07, 6.45) is 5.27. The summed E-state index contributed by atoms with van der Waals surface area (Å²) < 4.78 is 0. The van der Waals surface area contributed by atoms with Gasteiger partial charge in [0.1, 0.15) is 0 Å². The molecule has 82 valence electrons. The van der Waals surface area contributed by atoms with Gasteiger partial charge in [-0.2, -0.15) is 0 Å². The fraction of sp³-hybridized carbons (Fsp3) is 0.462. The number of pyridine rings is 1. The summed E-state index contributed by atoms with van der Waals surface area (Å²) in [6, 6.07) is 4.14. The second-order valence-electron chi connectivity index (χ2n) is 3.90. The molecule has 1 aromatic rings. The van der Waals surface area contributed by atoms with E-state index in [4.69, 9.17) is 0 Å². The minimum absolute atomic E-state index is 0.960. The largest absolute Gasteiger partial charge is 0.313 e. The standard InChI is InChI=1S/C13H20N2/c1-4-7-14-9-11(2)8-13-6-5-12(3)15-10-13/h5-6,8,10,14H,4,7,9H2,1-3H3/b11-8+. The van der Waals surface area contributed by atoms with Gasteiger partial charge >= 0.3 is 0 Å². The van der Waals surface area contributed by atoms with Crippen LogP contribution in [0.15, 0.2) is 23.9 Å². The number of aromatic nitrogens is 1. The van der Waals surface area contributed by atoms with E-state index < -0.39 is 0 Å². The molecule has 1 rings (SSSR count). The van der Waals surface area contributed by atoms with Crippen molar-refractivity contribution < 1.29 is 0 Å². The summed E-state index contributed by atoms with van der Waals surface area (Å²) in [5, 5.41) is 3.38. The molecule has 0 aliphatic heterocycles. The Labute approximate surface area is 92.4 Å². The SMILES string of the molecule is CCCNC/C(C)=C/c1ccc(C)nc1. The minimum atomic E-state index is 0.960. The van der Waals surface area contributed by atoms with Crippen LogP contribution in [0.1, 0.15) is 31.5 Å². The highest BCUT2D eigenvalue weighted by Crippen LogP contribution is 2.05. The zero-order valence-electron chi connectivity index (χ0n) is 9.88. The minimum Gasteiger partial charge on any atom is -0.313 e. The van der Waals surface area contributed by atoms with Gasteiger partial charge < -0.3 is 5.32 Å². The van der Waals surface area contributed by atoms with E-state index in [0.29, 0.717) is 0 Å². The lowest BCUT2D eigenvalue weighted by Gasteiger charge is -2.03. The lowest BCUT2D eigenvalue weighted by Crippen LogP contribution is -2.16. The number of hydrogen-bond donors (Lipinski definition) is 1. The van der Waals surface area contributed by atoms with Crippen molar-refractivity contribution in [3.05, 3.63) is 35.2 Å². The molecule has 0 radical (unpaired) electrons. The molecule has 2 heteroatoms. The molecule has 0 amide bonds. The van der Waals surface area contributed by atoms with Crippen LogP contribution in [0, 0.1) is 6.92 Å². The highest BCUT2D eigenvalue weighted by Gasteiger charge is 1.92. The third-order valence-electron chi connectivity index (χ3n) is 2.18. The first-order valence-corrected chi connectivity index (χ1v) is 5.53. The van der Waals surface area contributed by atoms with Crippen molar-refractivity contribution in [3.63, 3.8) is 0 Å². The Balaban J connectivity index is 2.50. The molecule has 0 atom stereocenters. The molecule has 0 aromatic carbocycles. The Hall–Kier alpha value is -1.15. The van der Waals surface area contributed by atoms with Gasteiger partial charge in [-0.25, -0.2) is 0 Å². The molecule has 1 aromatic heterocycles. The molecule has 0 aliphatic rings. The first-order chi connectivity index (χ1) is 7.22. The lowest BCUT2D eigenvalue weighted by molar-refractivity contribution is 0.715. The van der Waals surface area contributed by atoms with Crippen molar-refractivity contribution in [3.8, 4) is 0 Å². The van der Waals surface area contributed by atoms with Gasteiger partial charge in [-0.3, -0.25) is 4.98 Å². The summed E-state index contributed by atoms with van der Waals surface area (Å²) in [7, 11) is 0. The molecule has 0 saturated carbocycles. The number of rotatable bonds is 5. The molecule has 0 spiro atoms. The van der Waals surface area contributed by atoms with E-state index in [1.807, 2.05) is 19.2 Å². The van der Waals surface area contributed by atoms with Crippen LogP contribution >= 0.6 is 0 Å². The Bertz CT molecular complexity index is 312. The zero-order valence-corrected chi connectivity index (χ0v) is 9.88. The molecule has 15 heavy (non-hydrogen) atoms. The van der Waals surface area contributed by atoms with Crippen LogP contribution in [0.5, 0.6) is 0 Å². The maximum absolute atomic E-state index is 4.26. The fourth-order valence-electron chi connectivity index (χ4n) is 1.36. The van der Waals surface area contributed by atoms with Gasteiger partial charge in [-0.05, 0) is 38.4 Å². The second-order valence-corrected chi connectivity index (χ2v) is 3.90. The van der Waals surface area contributed by atoms with Crippen LogP contribution in [0.4, 0.5) is 0 Å². The number of nitrogens with one attached hydrogen (secondary N) is 1. The lowest BCUT2D eigenvalue weighted by atomic mass is 10.2. The Morgan fingerprint density at radius 3 is 2.87 bits per heavy atom. The van der Waals surface area contributed by atoms with Gasteiger partial charge in [0.2, 0.25) is 0 Å². The first-order valence-electron chi connectivity index (χ1n) is 5.53. The van der Waals surface area contributed by atoms with Crippen LogP contribution in [-0.2, 0) is 0 Å². The number of aryl methyl sites for hydroxylation is 1. The van der Waals surface area contributed by atoms with E-state index in [2.05, 4.69) is 36.3 Å². The van der Waals surface area contributed by atoms with Crippen molar-refractivity contribution in [2.45, 2.75) is 27.2 Å². The van der Waals surface area contributed by atoms with Crippen LogP contribution < -0.4 is 5.32 Å². The topological polar surface area (TPSA) is 24.9 Å². The molecule has 0 bridgehead atoms. The maximum atomic E-state index is 4.26. The van der Waals surface area contributed by atoms with Crippen LogP contribution in [0.25, 0.3) is 6.08 Å². The Kier molecular flexibility index (Phi) is 5.05. The van der Waals surface area contributed by atoms with E-state index in [9.17, 15) is 0 Å². The summed E-state index contributed by atoms with van der Waals surface area (Å²) in [5.74, 6) is 0. The molecular formula is C13H20N2.